The van der Waals surface area contributed by atoms with Gasteiger partial charge in [-0.05, 0) is 93.1 Å². The van der Waals surface area contributed by atoms with Crippen LogP contribution in [0.25, 0.3) is 0 Å². The van der Waals surface area contributed by atoms with Crippen LogP contribution in [0.2, 0.25) is 0 Å². The molecular weight excluding hydrogens is 532 g/mol. The third-order valence-electron chi connectivity index (χ3n) is 5.28. The summed E-state index contributed by atoms with van der Waals surface area (Å²) in [6.07, 6.45) is 0. The lowest BCUT2D eigenvalue weighted by atomic mass is 10.1. The van der Waals surface area contributed by atoms with E-state index >= 15 is 0 Å². The lowest BCUT2D eigenvalue weighted by Gasteiger charge is -2.11. The van der Waals surface area contributed by atoms with Crippen LogP contribution in [0, 0.1) is 6.92 Å². The fourth-order valence-electron chi connectivity index (χ4n) is 3.10. The standard InChI is InChI=1S/C31H28O10/c1-19(2)28(32)38-17-36-23-8-6-22(7-9-23)30(34)41-26-14-15-27(21(5)16-26)31(35)40-25-12-10-24(11-13-25)37-18-39-29(33)20(3)4/h6-16H,1,3,17-18H2,2,4-5H3. The van der Waals surface area contributed by atoms with Gasteiger partial charge in [0.1, 0.15) is 23.0 Å². The summed E-state index contributed by atoms with van der Waals surface area (Å²) in [5, 5.41) is 0. The van der Waals surface area contributed by atoms with Gasteiger partial charge in [0.15, 0.2) is 0 Å². The molecule has 0 N–H and O–H groups in total. The van der Waals surface area contributed by atoms with E-state index in [0.29, 0.717) is 17.1 Å². The summed E-state index contributed by atoms with van der Waals surface area (Å²) < 4.78 is 31.2. The van der Waals surface area contributed by atoms with Crippen LogP contribution in [0.5, 0.6) is 23.0 Å². The van der Waals surface area contributed by atoms with Crippen molar-refractivity contribution in [3.8, 4) is 23.0 Å². The first-order valence-electron chi connectivity index (χ1n) is 12.2. The van der Waals surface area contributed by atoms with Gasteiger partial charge >= 0.3 is 23.9 Å². The van der Waals surface area contributed by atoms with Crippen molar-refractivity contribution in [3.05, 3.63) is 108 Å². The summed E-state index contributed by atoms with van der Waals surface area (Å²) in [6, 6.07) is 16.8. The molecule has 0 amide bonds. The molecule has 0 spiro atoms. The molecule has 0 radical (unpaired) electrons. The Kier molecular flexibility index (Phi) is 10.4. The number of ether oxygens (including phenoxy) is 6. The van der Waals surface area contributed by atoms with E-state index in [1.54, 1.807) is 25.1 Å². The summed E-state index contributed by atoms with van der Waals surface area (Å²) in [6.45, 7) is 11.1. The number of hydrogen-bond acceptors (Lipinski definition) is 10. The van der Waals surface area contributed by atoms with Crippen molar-refractivity contribution in [2.75, 3.05) is 13.6 Å². The van der Waals surface area contributed by atoms with E-state index in [2.05, 4.69) is 13.2 Å². The minimum atomic E-state index is -0.614. The summed E-state index contributed by atoms with van der Waals surface area (Å²) in [4.78, 5) is 48.0. The molecule has 0 bridgehead atoms. The van der Waals surface area contributed by atoms with Gasteiger partial charge in [-0.3, -0.25) is 0 Å². The summed E-state index contributed by atoms with van der Waals surface area (Å²) >= 11 is 0. The van der Waals surface area contributed by atoms with Gasteiger partial charge in [-0.25, -0.2) is 19.2 Å². The molecule has 0 unspecified atom stereocenters. The first-order valence-corrected chi connectivity index (χ1v) is 12.2. The molecular formula is C31H28O10. The van der Waals surface area contributed by atoms with Crippen molar-refractivity contribution >= 4 is 23.9 Å². The minimum absolute atomic E-state index is 0.241. The Morgan fingerprint density at radius 2 is 1.05 bits per heavy atom. The smallest absolute Gasteiger partial charge is 0.343 e. The molecule has 10 heteroatoms. The van der Waals surface area contributed by atoms with E-state index in [9.17, 15) is 19.2 Å². The second kappa shape index (κ2) is 14.1. The fourth-order valence-corrected chi connectivity index (χ4v) is 3.10. The topological polar surface area (TPSA) is 124 Å². The zero-order chi connectivity index (χ0) is 29.9. The first kappa shape index (κ1) is 30.2. The van der Waals surface area contributed by atoms with Crippen LogP contribution in [0.4, 0.5) is 0 Å². The van der Waals surface area contributed by atoms with Crippen LogP contribution in [0.3, 0.4) is 0 Å². The zero-order valence-corrected chi connectivity index (χ0v) is 22.8. The van der Waals surface area contributed by atoms with Gasteiger partial charge in [0.2, 0.25) is 13.6 Å². The Labute approximate surface area is 236 Å². The molecule has 0 aliphatic rings. The molecule has 0 heterocycles. The monoisotopic (exact) mass is 560 g/mol. The second-order valence-corrected chi connectivity index (χ2v) is 8.70. The third kappa shape index (κ3) is 9.10. The van der Waals surface area contributed by atoms with Crippen molar-refractivity contribution in [2.24, 2.45) is 0 Å². The van der Waals surface area contributed by atoms with Crippen LogP contribution in [0.15, 0.2) is 91.0 Å². The van der Waals surface area contributed by atoms with E-state index in [0.717, 1.165) is 0 Å². The molecule has 3 aromatic carbocycles. The van der Waals surface area contributed by atoms with E-state index in [1.807, 2.05) is 0 Å². The number of esters is 4. The average molecular weight is 561 g/mol. The van der Waals surface area contributed by atoms with Gasteiger partial charge in [0.05, 0.1) is 11.1 Å². The molecule has 0 aliphatic heterocycles. The molecule has 0 aromatic heterocycles. The Morgan fingerprint density at radius 3 is 1.54 bits per heavy atom. The predicted molar refractivity (Wildman–Crippen MR) is 147 cm³/mol. The van der Waals surface area contributed by atoms with Gasteiger partial charge < -0.3 is 28.4 Å². The Hall–Kier alpha value is -5.38. The van der Waals surface area contributed by atoms with Crippen LogP contribution in [-0.4, -0.2) is 37.5 Å². The number of benzene rings is 3. The van der Waals surface area contributed by atoms with Gasteiger partial charge in [-0.15, -0.1) is 0 Å². The van der Waals surface area contributed by atoms with Crippen molar-refractivity contribution in [2.45, 2.75) is 20.8 Å². The van der Waals surface area contributed by atoms with Crippen molar-refractivity contribution < 1.29 is 47.6 Å². The van der Waals surface area contributed by atoms with Crippen molar-refractivity contribution in [1.82, 2.24) is 0 Å². The van der Waals surface area contributed by atoms with Gasteiger partial charge in [-0.1, -0.05) is 13.2 Å². The summed E-state index contributed by atoms with van der Waals surface area (Å²) in [5.41, 5.74) is 1.60. The predicted octanol–water partition coefficient (Wildman–Crippen LogP) is 5.34. The maximum atomic E-state index is 12.7. The van der Waals surface area contributed by atoms with E-state index in [1.165, 1.54) is 62.4 Å². The average Bonchev–Trinajstić information content (AvgIpc) is 2.94. The van der Waals surface area contributed by atoms with Crippen LogP contribution < -0.4 is 18.9 Å². The summed E-state index contributed by atoms with van der Waals surface area (Å²) in [7, 11) is 0. The van der Waals surface area contributed by atoms with Gasteiger partial charge in [-0.2, -0.15) is 0 Å². The lowest BCUT2D eigenvalue weighted by molar-refractivity contribution is -0.146. The highest BCUT2D eigenvalue weighted by atomic mass is 16.7. The van der Waals surface area contributed by atoms with Crippen LogP contribution in [-0.2, 0) is 19.1 Å². The van der Waals surface area contributed by atoms with E-state index in [-0.39, 0.29) is 47.4 Å². The number of rotatable bonds is 12. The van der Waals surface area contributed by atoms with Crippen LogP contribution >= 0.6 is 0 Å². The SMILES string of the molecule is C=C(C)C(=O)OCOc1ccc(OC(=O)c2ccc(OC(=O)c3ccc(OCOC(=O)C(=C)C)cc3)cc2C)cc1. The van der Waals surface area contributed by atoms with E-state index in [4.69, 9.17) is 28.4 Å². The largest absolute Gasteiger partial charge is 0.457 e. The van der Waals surface area contributed by atoms with Gasteiger partial charge in [0.25, 0.3) is 0 Å². The highest BCUT2D eigenvalue weighted by molar-refractivity contribution is 5.94. The normalized spacial score (nSPS) is 10.1. The first-order chi connectivity index (χ1) is 19.5. The number of carbonyl (C=O) groups excluding carboxylic acids is 4. The number of hydrogen-bond donors (Lipinski definition) is 0. The van der Waals surface area contributed by atoms with Gasteiger partial charge in [0, 0.05) is 11.1 Å². The van der Waals surface area contributed by atoms with Crippen molar-refractivity contribution in [3.63, 3.8) is 0 Å². The molecule has 3 aromatic rings. The maximum absolute atomic E-state index is 12.7. The minimum Gasteiger partial charge on any atom is -0.457 e. The molecule has 0 fully saturated rings. The highest BCUT2D eigenvalue weighted by Gasteiger charge is 2.15. The highest BCUT2D eigenvalue weighted by Crippen LogP contribution is 2.23. The molecule has 0 aliphatic carbocycles. The van der Waals surface area contributed by atoms with E-state index < -0.39 is 23.9 Å². The lowest BCUT2D eigenvalue weighted by Crippen LogP contribution is -2.12. The Balaban J connectivity index is 1.52. The molecule has 0 atom stereocenters. The third-order valence-corrected chi connectivity index (χ3v) is 5.28. The fraction of sp³-hybridized carbons (Fsp3) is 0.161. The maximum Gasteiger partial charge on any atom is 0.343 e. The zero-order valence-electron chi connectivity index (χ0n) is 22.8. The molecule has 41 heavy (non-hydrogen) atoms. The Bertz CT molecular complexity index is 1450. The molecule has 3 rings (SSSR count). The molecule has 0 saturated heterocycles. The van der Waals surface area contributed by atoms with Crippen molar-refractivity contribution in [1.29, 1.82) is 0 Å². The quantitative estimate of drug-likeness (QED) is 0.124. The number of carbonyl (C=O) groups is 4. The second-order valence-electron chi connectivity index (χ2n) is 8.70. The molecule has 212 valence electrons. The molecule has 10 nitrogen and oxygen atoms in total. The number of aryl methyl sites for hydroxylation is 1. The summed E-state index contributed by atoms with van der Waals surface area (Å²) in [5.74, 6) is -1.03. The molecule has 0 saturated carbocycles. The Morgan fingerprint density at radius 1 is 0.610 bits per heavy atom. The van der Waals surface area contributed by atoms with Crippen LogP contribution in [0.1, 0.15) is 40.1 Å².